The maximum Gasteiger partial charge on any atom is 0.0532 e. The summed E-state index contributed by atoms with van der Waals surface area (Å²) in [5.41, 5.74) is 0. The maximum absolute atomic E-state index is 5.85. The molecule has 0 saturated carbocycles. The number of hydrogen-bond acceptors (Lipinski definition) is 0. The minimum absolute atomic E-state index is 0.168. The molecule has 1 rings (SSSR count). The molecule has 0 spiro atoms. The Hall–Kier alpha value is 0.320. The fourth-order valence-corrected chi connectivity index (χ4v) is 2.07. The fraction of sp³-hybridized carbons (Fsp3) is 0.778. The van der Waals surface area contributed by atoms with Crippen molar-refractivity contribution >= 4 is 23.2 Å². The summed E-state index contributed by atoms with van der Waals surface area (Å²) in [4.78, 5) is 0. The van der Waals surface area contributed by atoms with Crippen LogP contribution in [-0.4, -0.2) is 5.38 Å². The lowest BCUT2D eigenvalue weighted by atomic mass is 9.96. The molecule has 0 fully saturated rings. The maximum atomic E-state index is 5.85. The molecular formula is C9H16Cl2. The molecule has 0 bridgehead atoms. The largest absolute Gasteiger partial charge is 0.118 e. The first-order valence-corrected chi connectivity index (χ1v) is 5.00. The van der Waals surface area contributed by atoms with Crippen LogP contribution in [0.25, 0.3) is 0 Å². The van der Waals surface area contributed by atoms with Crippen LogP contribution in [0.3, 0.4) is 0 Å². The molecule has 0 heterocycles. The minimum atomic E-state index is 0.168. The zero-order chi connectivity index (χ0) is 8.85. The molecule has 0 aliphatic heterocycles. The Labute approximate surface area is 79.6 Å². The molecule has 0 aromatic rings. The topological polar surface area (TPSA) is 0 Å². The molecule has 0 aromatic heterocycles. The smallest absolute Gasteiger partial charge is 0.0532 e. The Morgan fingerprint density at radius 2 is 2.00 bits per heavy atom. The summed E-state index contributed by atoms with van der Waals surface area (Å²) in [7, 11) is 0. The van der Waals surface area contributed by atoms with E-state index in [9.17, 15) is 0 Å². The highest BCUT2D eigenvalue weighted by atomic mass is 35.5. The highest BCUT2D eigenvalue weighted by Gasteiger charge is 2.15. The lowest BCUT2D eigenvalue weighted by Crippen LogP contribution is -2.09. The Morgan fingerprint density at radius 1 is 1.45 bits per heavy atom. The van der Waals surface area contributed by atoms with Gasteiger partial charge < -0.3 is 0 Å². The first-order valence-electron chi connectivity index (χ1n) is 4.18. The fourth-order valence-electron chi connectivity index (χ4n) is 1.13. The summed E-state index contributed by atoms with van der Waals surface area (Å²) in [6.07, 6.45) is 4.01. The van der Waals surface area contributed by atoms with Gasteiger partial charge in [0.2, 0.25) is 0 Å². The van der Waals surface area contributed by atoms with Gasteiger partial charge in [-0.3, -0.25) is 0 Å². The van der Waals surface area contributed by atoms with Crippen LogP contribution in [0.1, 0.15) is 33.6 Å². The van der Waals surface area contributed by atoms with Gasteiger partial charge in [-0.25, -0.2) is 0 Å². The molecule has 2 atom stereocenters. The van der Waals surface area contributed by atoms with Gasteiger partial charge in [-0.1, -0.05) is 38.4 Å². The molecule has 0 N–H and O–H groups in total. The van der Waals surface area contributed by atoms with E-state index in [0.29, 0.717) is 5.92 Å². The first-order chi connectivity index (χ1) is 5.18. The second-order valence-corrected chi connectivity index (χ2v) is 3.72. The monoisotopic (exact) mass is 194 g/mol. The van der Waals surface area contributed by atoms with Crippen LogP contribution in [0, 0.1) is 5.92 Å². The van der Waals surface area contributed by atoms with E-state index >= 15 is 0 Å². The van der Waals surface area contributed by atoms with Gasteiger partial charge in [0.05, 0.1) is 5.38 Å². The highest BCUT2D eigenvalue weighted by molar-refractivity contribution is 6.31. The van der Waals surface area contributed by atoms with Crippen LogP contribution in [0.4, 0.5) is 0 Å². The van der Waals surface area contributed by atoms with Crippen molar-refractivity contribution in [2.45, 2.75) is 39.0 Å². The van der Waals surface area contributed by atoms with Gasteiger partial charge in [0.25, 0.3) is 0 Å². The molecule has 1 aliphatic carbocycles. The minimum Gasteiger partial charge on any atom is -0.118 e. The molecule has 1 aliphatic rings. The van der Waals surface area contributed by atoms with Crippen molar-refractivity contribution in [1.82, 2.24) is 0 Å². The number of rotatable bonds is 0. The van der Waals surface area contributed by atoms with Crippen molar-refractivity contribution in [2.75, 3.05) is 0 Å². The van der Waals surface area contributed by atoms with Gasteiger partial charge >= 0.3 is 0 Å². The molecule has 11 heavy (non-hydrogen) atoms. The summed E-state index contributed by atoms with van der Waals surface area (Å²) in [6.45, 7) is 6.17. The predicted molar refractivity (Wildman–Crippen MR) is 53.3 cm³/mol. The first kappa shape index (κ1) is 11.3. The summed E-state index contributed by atoms with van der Waals surface area (Å²) in [5.74, 6) is 0.657. The molecule has 2 heteroatoms. The van der Waals surface area contributed by atoms with Crippen molar-refractivity contribution < 1.29 is 0 Å². The number of halogens is 2. The van der Waals surface area contributed by atoms with E-state index in [2.05, 4.69) is 6.92 Å². The van der Waals surface area contributed by atoms with E-state index in [1.54, 1.807) is 0 Å². The van der Waals surface area contributed by atoms with Gasteiger partial charge in [0.1, 0.15) is 0 Å². The third kappa shape index (κ3) is 4.71. The van der Waals surface area contributed by atoms with E-state index in [1.807, 2.05) is 19.9 Å². The van der Waals surface area contributed by atoms with Crippen molar-refractivity contribution in [3.63, 3.8) is 0 Å². The zero-order valence-electron chi connectivity index (χ0n) is 7.40. The molecule has 0 saturated heterocycles. The van der Waals surface area contributed by atoms with E-state index in [0.717, 1.165) is 17.9 Å². The Kier molecular flexibility index (Phi) is 6.08. The highest BCUT2D eigenvalue weighted by Crippen LogP contribution is 2.28. The van der Waals surface area contributed by atoms with E-state index in [1.165, 1.54) is 0 Å². The molecular weight excluding hydrogens is 179 g/mol. The van der Waals surface area contributed by atoms with E-state index < -0.39 is 0 Å². The quantitative estimate of drug-likeness (QED) is 0.509. The van der Waals surface area contributed by atoms with E-state index in [4.69, 9.17) is 23.2 Å². The van der Waals surface area contributed by atoms with Crippen molar-refractivity contribution in [3.05, 3.63) is 11.1 Å². The number of allylic oxidation sites excluding steroid dienone is 2. The standard InChI is InChI=1S/C7H10Cl2.C2H6/c1-5-2-6(8)4-7(9)3-5;1-2/h4-6H,2-3H2,1H3;1-2H3/t5?,6-;/m0./s1. The van der Waals surface area contributed by atoms with Crippen LogP contribution in [-0.2, 0) is 0 Å². The average Bonchev–Trinajstić information content (AvgIpc) is 1.88. The SMILES string of the molecule is CC.CC1CC(Cl)=C[C@@H](Cl)C1. The molecule has 1 unspecified atom stereocenters. The molecule has 0 amide bonds. The van der Waals surface area contributed by atoms with Crippen molar-refractivity contribution in [3.8, 4) is 0 Å². The van der Waals surface area contributed by atoms with Crippen LogP contribution < -0.4 is 0 Å². The van der Waals surface area contributed by atoms with Crippen LogP contribution >= 0.6 is 23.2 Å². The van der Waals surface area contributed by atoms with Crippen LogP contribution in [0.5, 0.6) is 0 Å². The van der Waals surface area contributed by atoms with Gasteiger partial charge in [-0.15, -0.1) is 11.6 Å². The van der Waals surface area contributed by atoms with Crippen LogP contribution in [0.2, 0.25) is 0 Å². The van der Waals surface area contributed by atoms with Crippen molar-refractivity contribution in [1.29, 1.82) is 0 Å². The second-order valence-electron chi connectivity index (χ2n) is 2.67. The summed E-state index contributed by atoms with van der Waals surface area (Å²) < 4.78 is 0. The Balaban J connectivity index is 0.000000461. The molecule has 0 radical (unpaired) electrons. The third-order valence-electron chi connectivity index (χ3n) is 1.53. The number of hydrogen-bond donors (Lipinski definition) is 0. The van der Waals surface area contributed by atoms with E-state index in [-0.39, 0.29) is 5.38 Å². The zero-order valence-corrected chi connectivity index (χ0v) is 8.91. The third-order valence-corrected chi connectivity index (χ3v) is 2.12. The Bertz CT molecular complexity index is 130. The van der Waals surface area contributed by atoms with Crippen molar-refractivity contribution in [2.24, 2.45) is 5.92 Å². The molecule has 66 valence electrons. The molecule has 0 aromatic carbocycles. The summed E-state index contributed by atoms with van der Waals surface area (Å²) >= 11 is 11.6. The molecule has 0 nitrogen and oxygen atoms in total. The van der Waals surface area contributed by atoms with Gasteiger partial charge in [0, 0.05) is 5.03 Å². The van der Waals surface area contributed by atoms with Gasteiger partial charge in [0.15, 0.2) is 0 Å². The lowest BCUT2D eigenvalue weighted by Gasteiger charge is -2.18. The predicted octanol–water partition coefficient (Wildman–Crippen LogP) is 4.17. The lowest BCUT2D eigenvalue weighted by molar-refractivity contribution is 0.525. The normalized spacial score (nSPS) is 30.1. The van der Waals surface area contributed by atoms with Gasteiger partial charge in [-0.2, -0.15) is 0 Å². The average molecular weight is 195 g/mol. The van der Waals surface area contributed by atoms with Gasteiger partial charge in [-0.05, 0) is 18.8 Å². The van der Waals surface area contributed by atoms with Crippen LogP contribution in [0.15, 0.2) is 11.1 Å². The Morgan fingerprint density at radius 3 is 2.36 bits per heavy atom. The number of alkyl halides is 1. The second kappa shape index (κ2) is 5.91. The summed E-state index contributed by atoms with van der Waals surface area (Å²) in [6, 6.07) is 0. The summed E-state index contributed by atoms with van der Waals surface area (Å²) in [5, 5.41) is 1.09.